The first-order chi connectivity index (χ1) is 5.47. The fourth-order valence-electron chi connectivity index (χ4n) is 0.738. The van der Waals surface area contributed by atoms with Crippen LogP contribution in [-0.4, -0.2) is 14.8 Å². The Morgan fingerprint density at radius 1 is 1.50 bits per heavy atom. The monoisotopic (exact) mass is 251 g/mol. The van der Waals surface area contributed by atoms with Gasteiger partial charge >= 0.3 is 7.60 Å². The molecule has 2 N–H and O–H groups in total. The molecular weight excluding hydrogens is 245 g/mol. The summed E-state index contributed by atoms with van der Waals surface area (Å²) in [5.74, 6) is 0. The van der Waals surface area contributed by atoms with Crippen molar-refractivity contribution in [1.82, 2.24) is 4.98 Å². The molecule has 12 heavy (non-hydrogen) atoms. The van der Waals surface area contributed by atoms with Gasteiger partial charge in [0.2, 0.25) is 0 Å². The molecule has 0 amide bonds. The SMILES string of the molecule is O=P(O)(O)Cc1ccc(Br)nc1. The molecule has 0 saturated carbocycles. The van der Waals surface area contributed by atoms with Crippen molar-refractivity contribution in [2.24, 2.45) is 0 Å². The second kappa shape index (κ2) is 3.66. The molecule has 1 heterocycles. The van der Waals surface area contributed by atoms with Gasteiger partial charge in [0.05, 0.1) is 6.16 Å². The number of nitrogens with zero attached hydrogens (tertiary/aromatic N) is 1. The average Bonchev–Trinajstić information content (AvgIpc) is 1.91. The average molecular weight is 252 g/mol. The molecule has 0 atom stereocenters. The highest BCUT2D eigenvalue weighted by Crippen LogP contribution is 2.38. The molecule has 6 heteroatoms. The molecule has 0 fully saturated rings. The molecule has 0 bridgehead atoms. The van der Waals surface area contributed by atoms with Crippen molar-refractivity contribution in [3.8, 4) is 0 Å². The van der Waals surface area contributed by atoms with Crippen molar-refractivity contribution < 1.29 is 14.4 Å². The van der Waals surface area contributed by atoms with E-state index in [0.717, 1.165) is 0 Å². The summed E-state index contributed by atoms with van der Waals surface area (Å²) < 4.78 is 11.2. The van der Waals surface area contributed by atoms with Crippen LogP contribution in [0, 0.1) is 0 Å². The van der Waals surface area contributed by atoms with Crippen molar-refractivity contribution in [3.05, 3.63) is 28.5 Å². The molecule has 0 aliphatic rings. The van der Waals surface area contributed by atoms with E-state index in [4.69, 9.17) is 9.79 Å². The van der Waals surface area contributed by atoms with Gasteiger partial charge in [0, 0.05) is 6.20 Å². The summed E-state index contributed by atoms with van der Waals surface area (Å²) >= 11 is 3.12. The van der Waals surface area contributed by atoms with Gasteiger partial charge < -0.3 is 9.79 Å². The standard InChI is InChI=1S/C6H7BrNO3P/c7-6-2-1-5(3-8-6)4-12(9,10)11/h1-3H,4H2,(H2,9,10,11). The van der Waals surface area contributed by atoms with Crippen LogP contribution in [-0.2, 0) is 10.7 Å². The number of halogens is 1. The van der Waals surface area contributed by atoms with E-state index in [2.05, 4.69) is 20.9 Å². The summed E-state index contributed by atoms with van der Waals surface area (Å²) in [6.45, 7) is 0. The summed E-state index contributed by atoms with van der Waals surface area (Å²) in [7, 11) is -3.96. The van der Waals surface area contributed by atoms with Crippen LogP contribution in [0.3, 0.4) is 0 Å². The van der Waals surface area contributed by atoms with Gasteiger partial charge in [0.25, 0.3) is 0 Å². The predicted octanol–water partition coefficient (Wildman–Crippen LogP) is 1.52. The number of hydrogen-bond donors (Lipinski definition) is 2. The first-order valence-corrected chi connectivity index (χ1v) is 5.71. The van der Waals surface area contributed by atoms with Crippen LogP contribution in [0.15, 0.2) is 22.9 Å². The third-order valence-corrected chi connectivity index (χ3v) is 2.42. The Labute approximate surface area is 77.9 Å². The summed E-state index contributed by atoms with van der Waals surface area (Å²) in [4.78, 5) is 21.1. The maximum atomic E-state index is 10.5. The van der Waals surface area contributed by atoms with Crippen molar-refractivity contribution in [1.29, 1.82) is 0 Å². The molecule has 66 valence electrons. The minimum Gasteiger partial charge on any atom is -0.324 e. The van der Waals surface area contributed by atoms with Crippen LogP contribution < -0.4 is 0 Å². The third-order valence-electron chi connectivity index (χ3n) is 1.18. The zero-order valence-corrected chi connectivity index (χ0v) is 8.49. The van der Waals surface area contributed by atoms with E-state index in [1.54, 1.807) is 12.1 Å². The van der Waals surface area contributed by atoms with E-state index in [0.29, 0.717) is 10.2 Å². The van der Waals surface area contributed by atoms with Crippen LogP contribution in [0.4, 0.5) is 0 Å². The number of pyridine rings is 1. The van der Waals surface area contributed by atoms with Crippen LogP contribution in [0.25, 0.3) is 0 Å². The van der Waals surface area contributed by atoms with Crippen molar-refractivity contribution >= 4 is 23.5 Å². The van der Waals surface area contributed by atoms with Crippen LogP contribution in [0.1, 0.15) is 5.56 Å². The molecule has 0 unspecified atom stereocenters. The van der Waals surface area contributed by atoms with E-state index in [1.165, 1.54) is 6.20 Å². The minimum absolute atomic E-state index is 0.257. The van der Waals surface area contributed by atoms with E-state index in [1.807, 2.05) is 0 Å². The summed E-state index contributed by atoms with van der Waals surface area (Å²) in [5, 5.41) is 0. The fraction of sp³-hybridized carbons (Fsp3) is 0.167. The molecule has 4 nitrogen and oxygen atoms in total. The van der Waals surface area contributed by atoms with Crippen LogP contribution in [0.5, 0.6) is 0 Å². The van der Waals surface area contributed by atoms with Gasteiger partial charge in [-0.15, -0.1) is 0 Å². The second-order valence-corrected chi connectivity index (χ2v) is 4.77. The smallest absolute Gasteiger partial charge is 0.324 e. The maximum absolute atomic E-state index is 10.5. The molecule has 0 spiro atoms. The Bertz CT molecular complexity index is 307. The Balaban J connectivity index is 2.78. The quantitative estimate of drug-likeness (QED) is 0.618. The first kappa shape index (κ1) is 9.86. The minimum atomic E-state index is -3.96. The molecule has 0 aromatic carbocycles. The third kappa shape index (κ3) is 3.45. The van der Waals surface area contributed by atoms with Gasteiger partial charge in [-0.3, -0.25) is 4.57 Å². The molecule has 1 rings (SSSR count). The van der Waals surface area contributed by atoms with Crippen LogP contribution >= 0.6 is 23.5 Å². The van der Waals surface area contributed by atoms with Gasteiger partial charge in [-0.2, -0.15) is 0 Å². The topological polar surface area (TPSA) is 70.4 Å². The number of hydrogen-bond acceptors (Lipinski definition) is 2. The Hall–Kier alpha value is -0.220. The fourth-order valence-corrected chi connectivity index (χ4v) is 1.64. The normalized spacial score (nSPS) is 11.6. The largest absolute Gasteiger partial charge is 0.329 e. The van der Waals surface area contributed by atoms with Crippen LogP contribution in [0.2, 0.25) is 0 Å². The zero-order chi connectivity index (χ0) is 9.19. The van der Waals surface area contributed by atoms with Crippen molar-refractivity contribution in [3.63, 3.8) is 0 Å². The molecule has 0 aliphatic heterocycles. The summed E-state index contributed by atoms with van der Waals surface area (Å²) in [6.07, 6.45) is 1.18. The van der Waals surface area contributed by atoms with Gasteiger partial charge in [-0.25, -0.2) is 4.98 Å². The summed E-state index contributed by atoms with van der Waals surface area (Å²) in [5.41, 5.74) is 0.534. The molecule has 1 aromatic rings. The van der Waals surface area contributed by atoms with Gasteiger partial charge in [-0.05, 0) is 27.6 Å². The maximum Gasteiger partial charge on any atom is 0.329 e. The van der Waals surface area contributed by atoms with E-state index in [9.17, 15) is 4.57 Å². The molecule has 0 radical (unpaired) electrons. The highest BCUT2D eigenvalue weighted by molar-refractivity contribution is 9.10. The van der Waals surface area contributed by atoms with E-state index >= 15 is 0 Å². The lowest BCUT2D eigenvalue weighted by Crippen LogP contribution is -1.87. The number of rotatable bonds is 2. The highest BCUT2D eigenvalue weighted by atomic mass is 79.9. The van der Waals surface area contributed by atoms with Gasteiger partial charge in [0.15, 0.2) is 0 Å². The number of aromatic nitrogens is 1. The highest BCUT2D eigenvalue weighted by Gasteiger charge is 2.13. The zero-order valence-electron chi connectivity index (χ0n) is 6.01. The molecule has 1 aromatic heterocycles. The lowest BCUT2D eigenvalue weighted by molar-refractivity contribution is 0.371. The van der Waals surface area contributed by atoms with Gasteiger partial charge in [0.1, 0.15) is 4.60 Å². The lowest BCUT2D eigenvalue weighted by atomic mass is 10.3. The molecule has 0 saturated heterocycles. The second-order valence-electron chi connectivity index (χ2n) is 2.31. The molecule has 0 aliphatic carbocycles. The van der Waals surface area contributed by atoms with Gasteiger partial charge in [-0.1, -0.05) is 6.07 Å². The predicted molar refractivity (Wildman–Crippen MR) is 47.7 cm³/mol. The van der Waals surface area contributed by atoms with E-state index in [-0.39, 0.29) is 6.16 Å². The first-order valence-electron chi connectivity index (χ1n) is 3.12. The lowest BCUT2D eigenvalue weighted by Gasteiger charge is -2.02. The van der Waals surface area contributed by atoms with Crippen molar-refractivity contribution in [2.75, 3.05) is 0 Å². The Morgan fingerprint density at radius 3 is 2.58 bits per heavy atom. The molecular formula is C6H7BrNO3P. The van der Waals surface area contributed by atoms with Crippen molar-refractivity contribution in [2.45, 2.75) is 6.16 Å². The Morgan fingerprint density at radius 2 is 2.17 bits per heavy atom. The Kier molecular flexibility index (Phi) is 3.01. The van der Waals surface area contributed by atoms with E-state index < -0.39 is 7.60 Å². The summed E-state index contributed by atoms with van der Waals surface area (Å²) in [6, 6.07) is 3.27.